The van der Waals surface area contributed by atoms with Crippen LogP contribution in [0.4, 0.5) is 5.82 Å². The predicted octanol–water partition coefficient (Wildman–Crippen LogP) is 0.780. The Balaban J connectivity index is 1.59. The molecule has 2 N–H and O–H groups in total. The molecule has 1 saturated heterocycles. The number of imidazole rings is 1. The number of carbonyl (C=O) groups excluding carboxylic acids is 1. The summed E-state index contributed by atoms with van der Waals surface area (Å²) in [4.78, 5) is 29.1. The molecule has 2 aromatic heterocycles. The highest BCUT2D eigenvalue weighted by molar-refractivity contribution is 5.83. The minimum Gasteiger partial charge on any atom is -0.468 e. The van der Waals surface area contributed by atoms with Gasteiger partial charge in [-0.3, -0.25) is 19.2 Å². The van der Waals surface area contributed by atoms with Gasteiger partial charge in [-0.15, -0.1) is 0 Å². The molecule has 3 rings (SSSR count). The maximum absolute atomic E-state index is 11.6. The van der Waals surface area contributed by atoms with E-state index in [4.69, 9.17) is 19.9 Å². The van der Waals surface area contributed by atoms with Gasteiger partial charge in [0.15, 0.2) is 17.0 Å². The summed E-state index contributed by atoms with van der Waals surface area (Å²) in [6, 6.07) is 0.601. The molecule has 33 heavy (non-hydrogen) atoms. The van der Waals surface area contributed by atoms with Crippen molar-refractivity contribution >= 4 is 23.0 Å². The van der Waals surface area contributed by atoms with E-state index in [0.717, 1.165) is 39.0 Å². The molecule has 1 aliphatic heterocycles. The van der Waals surface area contributed by atoms with Crippen molar-refractivity contribution in [2.24, 2.45) is 0 Å². The van der Waals surface area contributed by atoms with Crippen molar-refractivity contribution in [3.05, 3.63) is 0 Å². The van der Waals surface area contributed by atoms with Crippen molar-refractivity contribution in [3.8, 4) is 23.9 Å². The molecule has 0 unspecified atom stereocenters. The monoisotopic (exact) mass is 459 g/mol. The van der Waals surface area contributed by atoms with E-state index in [1.54, 1.807) is 11.7 Å². The van der Waals surface area contributed by atoms with E-state index in [2.05, 4.69) is 43.5 Å². The zero-order chi connectivity index (χ0) is 23.6. The highest BCUT2D eigenvalue weighted by Gasteiger charge is 2.19. The fourth-order valence-corrected chi connectivity index (χ4v) is 3.45. The van der Waals surface area contributed by atoms with Crippen LogP contribution in [0.2, 0.25) is 0 Å². The second-order valence-corrected chi connectivity index (χ2v) is 7.66. The van der Waals surface area contributed by atoms with Gasteiger partial charge in [0, 0.05) is 26.2 Å². The van der Waals surface area contributed by atoms with E-state index in [0.29, 0.717) is 50.0 Å². The lowest BCUT2D eigenvalue weighted by Crippen LogP contribution is -2.48. The minimum atomic E-state index is -0.171. The van der Waals surface area contributed by atoms with Crippen LogP contribution in [0.15, 0.2) is 0 Å². The summed E-state index contributed by atoms with van der Waals surface area (Å²) in [5, 5.41) is 0. The first-order valence-corrected chi connectivity index (χ1v) is 11.3. The first-order chi connectivity index (χ1) is 16.0. The number of piperazine rings is 1. The zero-order valence-electron chi connectivity index (χ0n) is 19.7. The van der Waals surface area contributed by atoms with Crippen molar-refractivity contribution < 1.29 is 19.0 Å². The van der Waals surface area contributed by atoms with E-state index in [9.17, 15) is 4.79 Å². The molecule has 2 aromatic rings. The second kappa shape index (κ2) is 12.2. The van der Waals surface area contributed by atoms with E-state index >= 15 is 0 Å². The fourth-order valence-electron chi connectivity index (χ4n) is 3.45. The average molecular weight is 460 g/mol. The maximum atomic E-state index is 11.6. The number of nitrogens with two attached hydrogens (primary N) is 1. The molecule has 0 amide bonds. The first-order valence-electron chi connectivity index (χ1n) is 11.3. The number of carbonyl (C=O) groups is 1. The van der Waals surface area contributed by atoms with Gasteiger partial charge in [-0.2, -0.15) is 15.0 Å². The molecule has 0 aromatic carbocycles. The van der Waals surface area contributed by atoms with E-state index in [1.807, 2.05) is 6.92 Å². The number of rotatable bonds is 10. The largest absolute Gasteiger partial charge is 0.468 e. The molecule has 0 saturated carbocycles. The van der Waals surface area contributed by atoms with E-state index < -0.39 is 0 Å². The van der Waals surface area contributed by atoms with Crippen LogP contribution in [0.25, 0.3) is 11.2 Å². The zero-order valence-corrected chi connectivity index (χ0v) is 19.7. The number of unbranched alkanes of at least 4 members (excludes halogenated alkanes) is 1. The van der Waals surface area contributed by atoms with Crippen molar-refractivity contribution in [3.63, 3.8) is 0 Å². The van der Waals surface area contributed by atoms with Crippen molar-refractivity contribution in [2.45, 2.75) is 33.2 Å². The highest BCUT2D eigenvalue weighted by atomic mass is 16.5. The van der Waals surface area contributed by atoms with Gasteiger partial charge in [0.2, 0.25) is 0 Å². The lowest BCUT2D eigenvalue weighted by atomic mass is 10.3. The lowest BCUT2D eigenvalue weighted by molar-refractivity contribution is -0.144. The topological polar surface area (TPSA) is 121 Å². The molecule has 0 bridgehead atoms. The Morgan fingerprint density at radius 3 is 2.48 bits per heavy atom. The average Bonchev–Trinajstić information content (AvgIpc) is 3.16. The highest BCUT2D eigenvalue weighted by Crippen LogP contribution is 2.25. The number of aromatic nitrogens is 4. The van der Waals surface area contributed by atoms with E-state index in [-0.39, 0.29) is 17.8 Å². The first kappa shape index (κ1) is 24.5. The van der Waals surface area contributed by atoms with Crippen molar-refractivity contribution in [1.29, 1.82) is 0 Å². The predicted molar refractivity (Wildman–Crippen MR) is 124 cm³/mol. The summed E-state index contributed by atoms with van der Waals surface area (Å²) in [6.45, 7) is 9.53. The van der Waals surface area contributed by atoms with Gasteiger partial charge in [0.05, 0.1) is 40.0 Å². The quantitative estimate of drug-likeness (QED) is 0.310. The summed E-state index contributed by atoms with van der Waals surface area (Å²) in [5.74, 6) is 6.46. The van der Waals surface area contributed by atoms with Gasteiger partial charge in [-0.05, 0) is 13.3 Å². The molecule has 0 spiro atoms. The molecular formula is C22H33N7O4. The molecule has 3 heterocycles. The van der Waals surface area contributed by atoms with Crippen molar-refractivity contribution in [1.82, 2.24) is 29.3 Å². The number of esters is 1. The Labute approximate surface area is 194 Å². The third kappa shape index (κ3) is 6.69. The number of ether oxygens (including phenoxy) is 3. The summed E-state index contributed by atoms with van der Waals surface area (Å²) >= 11 is 0. The van der Waals surface area contributed by atoms with Gasteiger partial charge in [-0.1, -0.05) is 25.2 Å². The standard InChI is InChI=1S/C22H33N7O4/c1-4-6-15-33-21-25-19(23)18-20(26-21)29(22(24-18)31-3)10-8-7-9-27-11-13-28(14-12-27)16-17(30)32-5-2/h4-6,9-16H2,1-3H3,(H2,23,25,26). The molecular weight excluding hydrogens is 426 g/mol. The molecule has 0 aliphatic carbocycles. The Kier molecular flexibility index (Phi) is 9.09. The van der Waals surface area contributed by atoms with Crippen molar-refractivity contribution in [2.75, 3.05) is 65.3 Å². The molecule has 1 fully saturated rings. The van der Waals surface area contributed by atoms with Gasteiger partial charge >= 0.3 is 12.0 Å². The molecule has 11 heteroatoms. The summed E-state index contributed by atoms with van der Waals surface area (Å²) in [5.41, 5.74) is 7.07. The van der Waals surface area contributed by atoms with Crippen LogP contribution in [0.5, 0.6) is 12.0 Å². The second-order valence-electron chi connectivity index (χ2n) is 7.66. The van der Waals surface area contributed by atoms with Crippen LogP contribution in [0.1, 0.15) is 26.7 Å². The molecule has 11 nitrogen and oxygen atoms in total. The third-order valence-corrected chi connectivity index (χ3v) is 5.27. The van der Waals surface area contributed by atoms with Crippen LogP contribution >= 0.6 is 0 Å². The molecule has 0 atom stereocenters. The Morgan fingerprint density at radius 1 is 1.06 bits per heavy atom. The van der Waals surface area contributed by atoms with Crippen LogP contribution < -0.4 is 15.2 Å². The van der Waals surface area contributed by atoms with Crippen LogP contribution in [-0.2, 0) is 16.1 Å². The maximum Gasteiger partial charge on any atom is 0.320 e. The number of nitrogens with zero attached hydrogens (tertiary/aromatic N) is 6. The van der Waals surface area contributed by atoms with Crippen LogP contribution in [0.3, 0.4) is 0 Å². The number of methoxy groups -OCH3 is 1. The normalized spacial score (nSPS) is 14.6. The number of anilines is 1. The van der Waals surface area contributed by atoms with Crippen LogP contribution in [-0.4, -0.2) is 94.9 Å². The number of hydrogen-bond acceptors (Lipinski definition) is 10. The van der Waals surface area contributed by atoms with Gasteiger partial charge in [-0.25, -0.2) is 0 Å². The molecule has 180 valence electrons. The Bertz CT molecular complexity index is 990. The lowest BCUT2D eigenvalue weighted by Gasteiger charge is -2.32. The third-order valence-electron chi connectivity index (χ3n) is 5.27. The fraction of sp³-hybridized carbons (Fsp3) is 0.636. The van der Waals surface area contributed by atoms with Gasteiger partial charge < -0.3 is 19.9 Å². The van der Waals surface area contributed by atoms with Gasteiger partial charge in [0.1, 0.15) is 0 Å². The summed E-state index contributed by atoms with van der Waals surface area (Å²) in [7, 11) is 1.54. The smallest absolute Gasteiger partial charge is 0.320 e. The minimum absolute atomic E-state index is 0.171. The van der Waals surface area contributed by atoms with Crippen LogP contribution in [0, 0.1) is 11.8 Å². The number of hydrogen-bond donors (Lipinski definition) is 1. The Morgan fingerprint density at radius 2 is 1.79 bits per heavy atom. The number of fused-ring (bicyclic) bond motifs is 1. The summed E-state index contributed by atoms with van der Waals surface area (Å²) in [6.07, 6.45) is 1.92. The molecule has 1 aliphatic rings. The Hall–Kier alpha value is -3.10. The molecule has 0 radical (unpaired) electrons. The SMILES string of the molecule is CCCCOc1nc(N)c2nc(OC)n(CC#CCN3CCN(CC(=O)OCC)CC3)c2n1. The number of nitrogen functional groups attached to an aromatic ring is 1. The summed E-state index contributed by atoms with van der Waals surface area (Å²) < 4.78 is 17.8. The van der Waals surface area contributed by atoms with Gasteiger partial charge in [0.25, 0.3) is 6.01 Å². The van der Waals surface area contributed by atoms with E-state index in [1.165, 1.54) is 0 Å².